The number of carbonyl (C=O) groups excluding carboxylic acids is 1. The van der Waals surface area contributed by atoms with Gasteiger partial charge in [-0.2, -0.15) is 0 Å². The fourth-order valence-electron chi connectivity index (χ4n) is 5.17. The summed E-state index contributed by atoms with van der Waals surface area (Å²) < 4.78 is 6.18. The second-order valence-corrected chi connectivity index (χ2v) is 12.1. The number of carbonyl (C=O) groups is 1. The number of hydrogen-bond acceptors (Lipinski definition) is 3. The molecule has 1 amide bonds. The fraction of sp³-hybridized carbons (Fsp3) is 0.811. The van der Waals surface area contributed by atoms with Crippen LogP contribution in [-0.4, -0.2) is 44.3 Å². The Kier molecular flexibility index (Phi) is 30.2. The summed E-state index contributed by atoms with van der Waals surface area (Å²) in [6.07, 6.45) is 38.7. The van der Waals surface area contributed by atoms with Crippen LogP contribution < -0.4 is 5.32 Å². The summed E-state index contributed by atoms with van der Waals surface area (Å²) in [5.74, 6) is 0.415. The predicted octanol–water partition coefficient (Wildman–Crippen LogP) is 11.2. The molecule has 0 heterocycles. The Bertz CT molecular complexity index is 615. The highest BCUT2D eigenvalue weighted by Gasteiger charge is 2.24. The fourth-order valence-corrected chi connectivity index (χ4v) is 5.17. The zero-order chi connectivity index (χ0) is 30.2. The van der Waals surface area contributed by atoms with Crippen LogP contribution in [0.25, 0.3) is 0 Å². The summed E-state index contributed by atoms with van der Waals surface area (Å²) >= 11 is 0. The lowest BCUT2D eigenvalue weighted by atomic mass is 9.88. The smallest absolute Gasteiger partial charge is 0.407 e. The van der Waals surface area contributed by atoms with E-state index in [0.717, 1.165) is 57.9 Å². The van der Waals surface area contributed by atoms with Gasteiger partial charge >= 0.3 is 6.09 Å². The van der Waals surface area contributed by atoms with Crippen molar-refractivity contribution < 1.29 is 9.53 Å². The molecule has 1 N–H and O–H groups in total. The standard InChI is InChI=1S/C37H70N2O2/c1-6-9-12-15-18-21-23-26-30-35(31-27-24-22-19-16-13-10-7-2)36(32-28-25-20-17-14-11-8-3)41-37(40)38-33-29-34-39(4)5/h18-22,25,35-36H,6-17,23-24,26-34H2,1-5H3,(H,38,40)/b21-18+,22-19+,25-20+. The molecule has 0 aromatic carbocycles. The highest BCUT2D eigenvalue weighted by molar-refractivity contribution is 5.67. The SMILES string of the molecule is CCCCC/C=C/CCCC(CCC/C=C/CCCCC)C(CC/C=C/CCCCC)OC(=O)NCCCN(C)C. The number of allylic oxidation sites excluding steroid dienone is 6. The minimum absolute atomic E-state index is 0.0220. The van der Waals surface area contributed by atoms with Gasteiger partial charge in [0.15, 0.2) is 0 Å². The molecule has 0 saturated heterocycles. The highest BCUT2D eigenvalue weighted by Crippen LogP contribution is 2.26. The maximum Gasteiger partial charge on any atom is 0.407 e. The molecule has 4 nitrogen and oxygen atoms in total. The summed E-state index contributed by atoms with van der Waals surface area (Å²) in [7, 11) is 4.13. The van der Waals surface area contributed by atoms with Crippen LogP contribution in [0.2, 0.25) is 0 Å². The van der Waals surface area contributed by atoms with E-state index in [1.165, 1.54) is 83.5 Å². The zero-order valence-electron chi connectivity index (χ0n) is 28.1. The molecule has 1 atom stereocenters. The van der Waals surface area contributed by atoms with E-state index in [0.29, 0.717) is 12.5 Å². The molecule has 0 aromatic heterocycles. The molecule has 0 saturated carbocycles. The van der Waals surface area contributed by atoms with Gasteiger partial charge in [0.25, 0.3) is 0 Å². The van der Waals surface area contributed by atoms with E-state index >= 15 is 0 Å². The lowest BCUT2D eigenvalue weighted by Gasteiger charge is -2.27. The average molecular weight is 575 g/mol. The molecule has 240 valence electrons. The van der Waals surface area contributed by atoms with Crippen LogP contribution in [0.4, 0.5) is 4.79 Å². The van der Waals surface area contributed by atoms with Gasteiger partial charge < -0.3 is 15.0 Å². The van der Waals surface area contributed by atoms with E-state index in [2.05, 4.69) is 81.5 Å². The van der Waals surface area contributed by atoms with E-state index in [4.69, 9.17) is 4.74 Å². The molecule has 0 aliphatic heterocycles. The number of alkyl carbamates (subject to hydrolysis) is 1. The van der Waals surface area contributed by atoms with Crippen molar-refractivity contribution in [3.63, 3.8) is 0 Å². The van der Waals surface area contributed by atoms with Crippen LogP contribution in [0.5, 0.6) is 0 Å². The third-order valence-corrected chi connectivity index (χ3v) is 7.77. The number of nitrogens with one attached hydrogen (secondary N) is 1. The molecule has 0 bridgehead atoms. The van der Waals surface area contributed by atoms with Gasteiger partial charge in [-0.05, 0) is 123 Å². The van der Waals surface area contributed by atoms with Crippen LogP contribution in [0, 0.1) is 5.92 Å². The summed E-state index contributed by atoms with van der Waals surface area (Å²) in [6.45, 7) is 8.40. The van der Waals surface area contributed by atoms with Crippen molar-refractivity contribution in [3.8, 4) is 0 Å². The largest absolute Gasteiger partial charge is 0.446 e. The van der Waals surface area contributed by atoms with Gasteiger partial charge in [0.1, 0.15) is 6.10 Å². The second kappa shape index (κ2) is 31.4. The average Bonchev–Trinajstić information content (AvgIpc) is 2.95. The third-order valence-electron chi connectivity index (χ3n) is 7.77. The zero-order valence-corrected chi connectivity index (χ0v) is 28.1. The van der Waals surface area contributed by atoms with Crippen LogP contribution >= 0.6 is 0 Å². The predicted molar refractivity (Wildman–Crippen MR) is 182 cm³/mol. The van der Waals surface area contributed by atoms with Gasteiger partial charge in [-0.1, -0.05) is 95.8 Å². The lowest BCUT2D eigenvalue weighted by Crippen LogP contribution is -2.34. The van der Waals surface area contributed by atoms with Gasteiger partial charge in [0, 0.05) is 6.54 Å². The van der Waals surface area contributed by atoms with E-state index in [1.54, 1.807) is 0 Å². The van der Waals surface area contributed by atoms with Crippen LogP contribution in [0.3, 0.4) is 0 Å². The number of ether oxygens (including phenoxy) is 1. The molecule has 0 aliphatic rings. The molecule has 41 heavy (non-hydrogen) atoms. The molecule has 4 heteroatoms. The van der Waals surface area contributed by atoms with Crippen LogP contribution in [-0.2, 0) is 4.74 Å². The van der Waals surface area contributed by atoms with Gasteiger partial charge in [0.05, 0.1) is 0 Å². The van der Waals surface area contributed by atoms with Crippen molar-refractivity contribution in [2.45, 2.75) is 162 Å². The van der Waals surface area contributed by atoms with Gasteiger partial charge in [0.2, 0.25) is 0 Å². The van der Waals surface area contributed by atoms with E-state index in [-0.39, 0.29) is 12.2 Å². The Hall–Kier alpha value is -1.55. The first-order valence-electron chi connectivity index (χ1n) is 17.6. The van der Waals surface area contributed by atoms with Crippen molar-refractivity contribution >= 4 is 6.09 Å². The van der Waals surface area contributed by atoms with E-state index in [1.807, 2.05) is 0 Å². The first-order valence-corrected chi connectivity index (χ1v) is 17.6. The molecule has 0 spiro atoms. The maximum atomic E-state index is 12.8. The minimum Gasteiger partial charge on any atom is -0.446 e. The number of unbranched alkanes of at least 4 members (excludes halogenated alkanes) is 11. The summed E-state index contributed by atoms with van der Waals surface area (Å²) in [5, 5.41) is 3.02. The van der Waals surface area contributed by atoms with Crippen LogP contribution in [0.1, 0.15) is 156 Å². The normalized spacial score (nSPS) is 13.0. The van der Waals surface area contributed by atoms with Crippen LogP contribution in [0.15, 0.2) is 36.5 Å². The molecular formula is C37H70N2O2. The maximum absolute atomic E-state index is 12.8. The molecule has 0 fully saturated rings. The minimum atomic E-state index is -0.239. The van der Waals surface area contributed by atoms with Crippen molar-refractivity contribution in [2.24, 2.45) is 5.92 Å². The quantitative estimate of drug-likeness (QED) is 0.0713. The van der Waals surface area contributed by atoms with Crippen molar-refractivity contribution in [1.29, 1.82) is 0 Å². The Labute approximate surface area is 256 Å². The van der Waals surface area contributed by atoms with Crippen molar-refractivity contribution in [1.82, 2.24) is 10.2 Å². The number of hydrogen-bond donors (Lipinski definition) is 1. The van der Waals surface area contributed by atoms with Crippen molar-refractivity contribution in [2.75, 3.05) is 27.2 Å². The third kappa shape index (κ3) is 28.3. The summed E-state index contributed by atoms with van der Waals surface area (Å²) in [6, 6.07) is 0. The first kappa shape index (κ1) is 39.5. The molecule has 1 unspecified atom stereocenters. The second-order valence-electron chi connectivity index (χ2n) is 12.1. The number of nitrogens with zero attached hydrogens (tertiary/aromatic N) is 1. The Morgan fingerprint density at radius 2 is 1.05 bits per heavy atom. The monoisotopic (exact) mass is 575 g/mol. The topological polar surface area (TPSA) is 41.6 Å². The van der Waals surface area contributed by atoms with Gasteiger partial charge in [-0.25, -0.2) is 4.79 Å². The Morgan fingerprint density at radius 1 is 0.610 bits per heavy atom. The van der Waals surface area contributed by atoms with Gasteiger partial charge in [-0.3, -0.25) is 0 Å². The molecule has 0 radical (unpaired) electrons. The summed E-state index contributed by atoms with van der Waals surface area (Å²) in [4.78, 5) is 15.0. The Morgan fingerprint density at radius 3 is 1.49 bits per heavy atom. The molecule has 0 aromatic rings. The molecular weight excluding hydrogens is 504 g/mol. The van der Waals surface area contributed by atoms with Gasteiger partial charge in [-0.15, -0.1) is 0 Å². The molecule has 0 rings (SSSR count). The van der Waals surface area contributed by atoms with Crippen molar-refractivity contribution in [3.05, 3.63) is 36.5 Å². The lowest BCUT2D eigenvalue weighted by molar-refractivity contribution is 0.0491. The van der Waals surface area contributed by atoms with E-state index in [9.17, 15) is 4.79 Å². The number of rotatable bonds is 29. The number of amides is 1. The molecule has 0 aliphatic carbocycles. The highest BCUT2D eigenvalue weighted by atomic mass is 16.6. The van der Waals surface area contributed by atoms with E-state index < -0.39 is 0 Å². The summed E-state index contributed by atoms with van der Waals surface area (Å²) in [5.41, 5.74) is 0. The first-order chi connectivity index (χ1) is 20.0. The Balaban J connectivity index is 5.14.